The first-order valence-electron chi connectivity index (χ1n) is 28.3. The number of hydrogen-bond donors (Lipinski definition) is 0. The van der Waals surface area contributed by atoms with Crippen LogP contribution in [-0.2, 0) is 0 Å². The highest BCUT2D eigenvalue weighted by Crippen LogP contribution is 2.41. The second-order valence-corrected chi connectivity index (χ2v) is 21.4. The Labute approximate surface area is 484 Å². The molecule has 84 heavy (non-hydrogen) atoms. The minimum atomic E-state index is 0.682. The first-order chi connectivity index (χ1) is 41.6. The van der Waals surface area contributed by atoms with Crippen LogP contribution in [0.15, 0.2) is 291 Å². The highest BCUT2D eigenvalue weighted by Gasteiger charge is 2.19. The van der Waals surface area contributed by atoms with Gasteiger partial charge in [0.05, 0.1) is 33.8 Å². The molecule has 390 valence electrons. The number of fused-ring (bicyclic) bond motifs is 6. The van der Waals surface area contributed by atoms with E-state index in [0.29, 0.717) is 11.6 Å². The maximum atomic E-state index is 5.43. The van der Waals surface area contributed by atoms with E-state index in [1.807, 2.05) is 24.5 Å². The predicted molar refractivity (Wildman–Crippen MR) is 347 cm³/mol. The van der Waals surface area contributed by atoms with Crippen LogP contribution in [0.4, 0.5) is 0 Å². The molecule has 0 N–H and O–H groups in total. The zero-order valence-electron chi connectivity index (χ0n) is 45.4. The van der Waals surface area contributed by atoms with Gasteiger partial charge in [-0.05, 0) is 137 Å². The molecule has 0 bridgehead atoms. The zero-order chi connectivity index (χ0) is 55.5. The van der Waals surface area contributed by atoms with Gasteiger partial charge in [0.1, 0.15) is 0 Å². The smallest absolute Gasteiger partial charge is 0.161 e. The molecule has 0 spiro atoms. The van der Waals surface area contributed by atoms with Crippen LogP contribution in [0.25, 0.3) is 166 Å². The van der Waals surface area contributed by atoms with Crippen LogP contribution in [0.1, 0.15) is 0 Å². The van der Waals surface area contributed by atoms with Crippen molar-refractivity contribution in [2.75, 3.05) is 0 Å². The highest BCUT2D eigenvalue weighted by atomic mass is 14.9. The monoisotopic (exact) mass is 1070 g/mol. The summed E-state index contributed by atoms with van der Waals surface area (Å²) in [7, 11) is 0. The van der Waals surface area contributed by atoms with E-state index in [0.717, 1.165) is 154 Å². The summed E-state index contributed by atoms with van der Waals surface area (Å²) in [6.07, 6.45) is 3.67. The number of benzene rings is 12. The first kappa shape index (κ1) is 48.6. The molecule has 0 fully saturated rings. The lowest BCUT2D eigenvalue weighted by atomic mass is 9.95. The molecule has 0 aliphatic carbocycles. The summed E-state index contributed by atoms with van der Waals surface area (Å²) in [4.78, 5) is 30.7. The topological polar surface area (TPSA) is 77.3 Å². The average Bonchev–Trinajstić information content (AvgIpc) is 1.70. The Hall–Kier alpha value is -11.3. The van der Waals surface area contributed by atoms with Crippen molar-refractivity contribution in [3.8, 4) is 101 Å². The molecule has 0 saturated heterocycles. The second-order valence-electron chi connectivity index (χ2n) is 21.4. The van der Waals surface area contributed by atoms with Crippen LogP contribution in [0.2, 0.25) is 0 Å². The molecular weight excluding hydrogens is 1020 g/mol. The van der Waals surface area contributed by atoms with Crippen molar-refractivity contribution < 1.29 is 0 Å². The molecule has 6 heteroatoms. The zero-order valence-corrected chi connectivity index (χ0v) is 45.4. The molecule has 0 amide bonds. The molecule has 0 unspecified atom stereocenters. The average molecular weight is 1070 g/mol. The van der Waals surface area contributed by atoms with E-state index in [-0.39, 0.29) is 0 Å². The van der Waals surface area contributed by atoms with Crippen molar-refractivity contribution in [2.45, 2.75) is 0 Å². The maximum absolute atomic E-state index is 5.43. The van der Waals surface area contributed by atoms with E-state index in [2.05, 4.69) is 277 Å². The van der Waals surface area contributed by atoms with Crippen LogP contribution in [0.5, 0.6) is 0 Å². The summed E-state index contributed by atoms with van der Waals surface area (Å²) in [5.74, 6) is 1.36. The lowest BCUT2D eigenvalue weighted by molar-refractivity contribution is 1.19. The molecule has 0 aliphatic heterocycles. The van der Waals surface area contributed by atoms with Gasteiger partial charge in [-0.3, -0.25) is 9.97 Å². The predicted octanol–water partition coefficient (Wildman–Crippen LogP) is 20.0. The molecule has 0 atom stereocenters. The van der Waals surface area contributed by atoms with Gasteiger partial charge in [0, 0.05) is 56.5 Å². The van der Waals surface area contributed by atoms with Crippen molar-refractivity contribution in [2.24, 2.45) is 0 Å². The fourth-order valence-electron chi connectivity index (χ4n) is 12.1. The SMILES string of the molecule is c1cnc2ccc(-c3ccc(-c4cc(-c5ccc(-c6ccc(-c7cc(-c8ccc(-c9ccc%10ncccc%10c9)cc8)nc(-c8c9ccccc9cc9ccccc89)n7)cc6)cc5)nc(-c5c6ccccc6cc6ccccc56)n4)cc3)cc2c1. The van der Waals surface area contributed by atoms with Gasteiger partial charge in [0.2, 0.25) is 0 Å². The lowest BCUT2D eigenvalue weighted by Gasteiger charge is -2.15. The van der Waals surface area contributed by atoms with Crippen molar-refractivity contribution >= 4 is 64.9 Å². The van der Waals surface area contributed by atoms with Crippen molar-refractivity contribution in [3.63, 3.8) is 0 Å². The molecule has 0 saturated carbocycles. The quantitative estimate of drug-likeness (QED) is 0.134. The minimum Gasteiger partial charge on any atom is -0.256 e. The summed E-state index contributed by atoms with van der Waals surface area (Å²) in [5.41, 5.74) is 18.1. The fourth-order valence-corrected chi connectivity index (χ4v) is 12.1. The van der Waals surface area contributed by atoms with Gasteiger partial charge in [-0.2, -0.15) is 0 Å². The third-order valence-corrected chi connectivity index (χ3v) is 16.4. The Bertz CT molecular complexity index is 4790. The first-order valence-corrected chi connectivity index (χ1v) is 28.3. The van der Waals surface area contributed by atoms with Crippen LogP contribution in [-0.4, -0.2) is 29.9 Å². The second kappa shape index (κ2) is 20.3. The summed E-state index contributed by atoms with van der Waals surface area (Å²) in [5, 5.41) is 11.3. The number of rotatable bonds is 9. The van der Waals surface area contributed by atoms with E-state index in [9.17, 15) is 0 Å². The standard InChI is InChI=1S/C78H48N6/c1-5-17-65-59(11-1)45-60-12-2-6-18-66(60)75(65)77-81-71(47-73(83-77)55-33-25-51(26-34-55)57-37-39-69-63(43-57)15-9-41-79-69)53-29-21-49(22-30-53)50-23-31-54(32-24-50)72-48-74(56-35-27-52(28-36-56)58-38-40-70-64(44-58)16-10-42-80-70)84-78(82-72)76-67-19-7-3-13-61(67)46-62-14-4-8-20-68(62)76/h1-48H. The number of pyridine rings is 2. The Morgan fingerprint density at radius 3 is 0.774 bits per heavy atom. The summed E-state index contributed by atoms with van der Waals surface area (Å²) >= 11 is 0. The van der Waals surface area contributed by atoms with Crippen molar-refractivity contribution in [1.29, 1.82) is 0 Å². The Balaban J connectivity index is 0.766. The van der Waals surface area contributed by atoms with Crippen LogP contribution in [0.3, 0.4) is 0 Å². The van der Waals surface area contributed by atoms with Crippen molar-refractivity contribution in [1.82, 2.24) is 29.9 Å². The summed E-state index contributed by atoms with van der Waals surface area (Å²) in [6, 6.07) is 98.9. The molecule has 4 aromatic heterocycles. The van der Waals surface area contributed by atoms with E-state index in [1.165, 1.54) is 0 Å². The van der Waals surface area contributed by atoms with E-state index in [1.54, 1.807) is 0 Å². The van der Waals surface area contributed by atoms with Gasteiger partial charge < -0.3 is 0 Å². The van der Waals surface area contributed by atoms with Gasteiger partial charge >= 0.3 is 0 Å². The fraction of sp³-hybridized carbons (Fsp3) is 0. The molecule has 6 nitrogen and oxygen atoms in total. The number of aromatic nitrogens is 6. The molecule has 16 rings (SSSR count). The van der Waals surface area contributed by atoms with Gasteiger partial charge in [-0.25, -0.2) is 19.9 Å². The summed E-state index contributed by atoms with van der Waals surface area (Å²) in [6.45, 7) is 0. The Morgan fingerprint density at radius 2 is 0.452 bits per heavy atom. The molecule has 0 radical (unpaired) electrons. The number of nitrogens with zero attached hydrogens (tertiary/aromatic N) is 6. The molecule has 12 aromatic carbocycles. The van der Waals surface area contributed by atoms with E-state index in [4.69, 9.17) is 19.9 Å². The van der Waals surface area contributed by atoms with E-state index >= 15 is 0 Å². The lowest BCUT2D eigenvalue weighted by Crippen LogP contribution is -1.98. The van der Waals surface area contributed by atoms with Crippen molar-refractivity contribution in [3.05, 3.63) is 291 Å². The maximum Gasteiger partial charge on any atom is 0.161 e. The highest BCUT2D eigenvalue weighted by molar-refractivity contribution is 6.13. The van der Waals surface area contributed by atoms with Gasteiger partial charge in [0.15, 0.2) is 11.6 Å². The molecule has 0 aliphatic rings. The van der Waals surface area contributed by atoms with Gasteiger partial charge in [0.25, 0.3) is 0 Å². The summed E-state index contributed by atoms with van der Waals surface area (Å²) < 4.78 is 0. The van der Waals surface area contributed by atoms with E-state index < -0.39 is 0 Å². The van der Waals surface area contributed by atoms with Crippen LogP contribution in [0, 0.1) is 0 Å². The normalized spacial score (nSPS) is 11.6. The molecule has 4 heterocycles. The molecular formula is C78H48N6. The van der Waals surface area contributed by atoms with Gasteiger partial charge in [-0.15, -0.1) is 0 Å². The Morgan fingerprint density at radius 1 is 0.190 bits per heavy atom. The minimum absolute atomic E-state index is 0.682. The van der Waals surface area contributed by atoms with Crippen LogP contribution >= 0.6 is 0 Å². The largest absolute Gasteiger partial charge is 0.256 e. The molecule has 16 aromatic rings. The van der Waals surface area contributed by atoms with Gasteiger partial charge in [-0.1, -0.05) is 218 Å². The number of hydrogen-bond acceptors (Lipinski definition) is 6. The Kier molecular flexibility index (Phi) is 11.8. The van der Waals surface area contributed by atoms with Crippen LogP contribution < -0.4 is 0 Å². The third kappa shape index (κ3) is 8.87. The third-order valence-electron chi connectivity index (χ3n) is 16.4.